The lowest BCUT2D eigenvalue weighted by atomic mass is 10.2. The Bertz CT molecular complexity index is 969. The number of amides is 1. The Morgan fingerprint density at radius 1 is 1.25 bits per heavy atom. The predicted octanol–water partition coefficient (Wildman–Crippen LogP) is 3.91. The highest BCUT2D eigenvalue weighted by Gasteiger charge is 2.21. The first-order valence-corrected chi connectivity index (χ1v) is 9.95. The zero-order valence-corrected chi connectivity index (χ0v) is 17.1. The summed E-state index contributed by atoms with van der Waals surface area (Å²) in [4.78, 5) is 12.6. The molecule has 0 fully saturated rings. The molecule has 2 heterocycles. The van der Waals surface area contributed by atoms with E-state index in [0.717, 1.165) is 6.42 Å². The Morgan fingerprint density at radius 3 is 2.71 bits per heavy atom. The normalized spacial score (nSPS) is 13.3. The Morgan fingerprint density at radius 2 is 2.00 bits per heavy atom. The van der Waals surface area contributed by atoms with Crippen molar-refractivity contribution in [2.45, 2.75) is 43.6 Å². The largest absolute Gasteiger partial charge is 0.310 e. The van der Waals surface area contributed by atoms with Crippen LogP contribution in [0.5, 0.6) is 0 Å². The van der Waals surface area contributed by atoms with Gasteiger partial charge < -0.3 is 9.88 Å². The number of benzene rings is 1. The van der Waals surface area contributed by atoms with Gasteiger partial charge in [-0.3, -0.25) is 4.79 Å². The summed E-state index contributed by atoms with van der Waals surface area (Å²) in [5, 5.41) is 15.5. The minimum absolute atomic E-state index is 0.162. The van der Waals surface area contributed by atoms with Gasteiger partial charge >= 0.3 is 0 Å². The minimum Gasteiger partial charge on any atom is -0.310 e. The molecule has 0 radical (unpaired) electrons. The number of carbonyl (C=O) groups is 1. The van der Waals surface area contributed by atoms with Crippen molar-refractivity contribution in [3.63, 3.8) is 0 Å². The van der Waals surface area contributed by atoms with Crippen molar-refractivity contribution in [2.24, 2.45) is 7.05 Å². The number of thioether (sulfide) groups is 1. The lowest BCUT2D eigenvalue weighted by Crippen LogP contribution is -2.25. The van der Waals surface area contributed by atoms with Crippen LogP contribution < -0.4 is 5.32 Å². The van der Waals surface area contributed by atoms with E-state index in [1.54, 1.807) is 53.7 Å². The molecular weight excluding hydrogens is 379 g/mol. The highest BCUT2D eigenvalue weighted by Crippen LogP contribution is 2.27. The maximum Gasteiger partial charge on any atom is 0.238 e. The van der Waals surface area contributed by atoms with E-state index in [1.165, 1.54) is 17.8 Å². The van der Waals surface area contributed by atoms with Gasteiger partial charge in [-0.05, 0) is 32.4 Å². The van der Waals surface area contributed by atoms with Gasteiger partial charge in [0.2, 0.25) is 5.91 Å². The van der Waals surface area contributed by atoms with Crippen LogP contribution in [0.4, 0.5) is 10.2 Å². The van der Waals surface area contributed by atoms with Crippen molar-refractivity contribution < 1.29 is 9.18 Å². The maximum atomic E-state index is 14.0. The first-order valence-electron chi connectivity index (χ1n) is 9.07. The van der Waals surface area contributed by atoms with E-state index in [-0.39, 0.29) is 17.8 Å². The molecule has 0 unspecified atom stereocenters. The van der Waals surface area contributed by atoms with Gasteiger partial charge in [0.25, 0.3) is 0 Å². The van der Waals surface area contributed by atoms with Gasteiger partial charge in [0.05, 0.1) is 23.1 Å². The molecule has 1 N–H and O–H groups in total. The highest BCUT2D eigenvalue weighted by molar-refractivity contribution is 8.00. The summed E-state index contributed by atoms with van der Waals surface area (Å²) in [5.41, 5.74) is 0.374. The molecule has 3 rings (SSSR count). The van der Waals surface area contributed by atoms with Crippen molar-refractivity contribution in [3.05, 3.63) is 42.3 Å². The lowest BCUT2D eigenvalue weighted by Gasteiger charge is -2.16. The van der Waals surface area contributed by atoms with E-state index in [0.29, 0.717) is 22.4 Å². The Labute approximate surface area is 167 Å². The smallest absolute Gasteiger partial charge is 0.238 e. The number of anilines is 1. The summed E-state index contributed by atoms with van der Waals surface area (Å²) in [5.74, 6) is 0.559. The van der Waals surface area contributed by atoms with Crippen molar-refractivity contribution in [1.29, 1.82) is 0 Å². The van der Waals surface area contributed by atoms with Crippen LogP contribution in [0.1, 0.15) is 33.2 Å². The molecule has 7 nitrogen and oxygen atoms in total. The zero-order valence-electron chi connectivity index (χ0n) is 16.3. The van der Waals surface area contributed by atoms with Crippen molar-refractivity contribution in [3.8, 4) is 11.4 Å². The molecule has 0 aliphatic carbocycles. The summed E-state index contributed by atoms with van der Waals surface area (Å²) < 4.78 is 17.5. The van der Waals surface area contributed by atoms with Crippen LogP contribution in [-0.2, 0) is 11.8 Å². The van der Waals surface area contributed by atoms with Crippen LogP contribution in [-0.4, -0.2) is 35.7 Å². The van der Waals surface area contributed by atoms with Gasteiger partial charge in [-0.2, -0.15) is 5.10 Å². The molecule has 2 atom stereocenters. The summed E-state index contributed by atoms with van der Waals surface area (Å²) in [6.45, 7) is 5.91. The Balaban J connectivity index is 1.72. The average molecular weight is 402 g/mol. The fraction of sp³-hybridized carbons (Fsp3) is 0.368. The SMILES string of the molecule is CC[C@@H](C)n1nccc1NC(=O)[C@H](C)Sc1nnc(-c2ccccc2F)n1C. The molecule has 1 amide bonds. The van der Waals surface area contributed by atoms with Crippen LogP contribution in [0.15, 0.2) is 41.7 Å². The second-order valence-electron chi connectivity index (χ2n) is 6.51. The van der Waals surface area contributed by atoms with Crippen molar-refractivity contribution in [1.82, 2.24) is 24.5 Å². The molecule has 0 aliphatic rings. The molecule has 148 valence electrons. The predicted molar refractivity (Wildman–Crippen MR) is 108 cm³/mol. The van der Waals surface area contributed by atoms with Gasteiger partial charge in [0.15, 0.2) is 11.0 Å². The van der Waals surface area contributed by atoms with E-state index in [9.17, 15) is 9.18 Å². The first-order chi connectivity index (χ1) is 13.4. The zero-order chi connectivity index (χ0) is 20.3. The molecule has 0 aliphatic heterocycles. The monoisotopic (exact) mass is 402 g/mol. The Kier molecular flexibility index (Phi) is 6.13. The van der Waals surface area contributed by atoms with E-state index in [1.807, 2.05) is 6.92 Å². The molecule has 28 heavy (non-hydrogen) atoms. The van der Waals surface area contributed by atoms with E-state index >= 15 is 0 Å². The van der Waals surface area contributed by atoms with Crippen molar-refractivity contribution in [2.75, 3.05) is 5.32 Å². The second kappa shape index (κ2) is 8.55. The standard InChI is InChI=1S/C19H23FN6OS/c1-5-12(2)26-16(10-11-21-26)22-18(27)13(3)28-19-24-23-17(25(19)4)14-8-6-7-9-15(14)20/h6-13H,5H2,1-4H3,(H,22,27)/t12-,13+/m1/s1. The molecule has 2 aromatic heterocycles. The molecule has 0 bridgehead atoms. The summed E-state index contributed by atoms with van der Waals surface area (Å²) in [6.07, 6.45) is 2.58. The number of hydrogen-bond donors (Lipinski definition) is 1. The number of nitrogens with one attached hydrogen (secondary N) is 1. The fourth-order valence-corrected chi connectivity index (χ4v) is 3.49. The molecule has 1 aromatic carbocycles. The second-order valence-corrected chi connectivity index (χ2v) is 7.82. The van der Waals surface area contributed by atoms with Crippen molar-refractivity contribution >= 4 is 23.5 Å². The van der Waals surface area contributed by atoms with Crippen LogP contribution in [0, 0.1) is 5.82 Å². The minimum atomic E-state index is -0.420. The fourth-order valence-electron chi connectivity index (χ4n) is 2.67. The quantitative estimate of drug-likeness (QED) is 0.606. The molecule has 0 saturated heterocycles. The van der Waals surface area contributed by atoms with E-state index in [2.05, 4.69) is 27.5 Å². The molecule has 3 aromatic rings. The van der Waals surface area contributed by atoms with E-state index < -0.39 is 5.25 Å². The number of carbonyl (C=O) groups excluding carboxylic acids is 1. The summed E-state index contributed by atoms with van der Waals surface area (Å²) in [6, 6.07) is 8.38. The van der Waals surface area contributed by atoms with Gasteiger partial charge in [-0.25, -0.2) is 9.07 Å². The van der Waals surface area contributed by atoms with E-state index in [4.69, 9.17) is 0 Å². The van der Waals surface area contributed by atoms with Crippen LogP contribution in [0.25, 0.3) is 11.4 Å². The highest BCUT2D eigenvalue weighted by atomic mass is 32.2. The lowest BCUT2D eigenvalue weighted by molar-refractivity contribution is -0.115. The number of nitrogens with zero attached hydrogens (tertiary/aromatic N) is 5. The maximum absolute atomic E-state index is 14.0. The summed E-state index contributed by atoms with van der Waals surface area (Å²) >= 11 is 1.27. The molecule has 0 saturated carbocycles. The molecule has 0 spiro atoms. The number of halogens is 1. The van der Waals surface area contributed by atoms with Crippen LogP contribution in [0.3, 0.4) is 0 Å². The number of rotatable bonds is 7. The third-order valence-corrected chi connectivity index (χ3v) is 5.66. The van der Waals surface area contributed by atoms with Gasteiger partial charge in [-0.15, -0.1) is 10.2 Å². The Hall–Kier alpha value is -2.68. The molecular formula is C19H23FN6OS. The third kappa shape index (κ3) is 4.09. The topological polar surface area (TPSA) is 77.6 Å². The molecule has 9 heteroatoms. The first kappa shape index (κ1) is 20.1. The van der Waals surface area contributed by atoms with Gasteiger partial charge in [0, 0.05) is 13.1 Å². The van der Waals surface area contributed by atoms with Gasteiger partial charge in [-0.1, -0.05) is 30.8 Å². The third-order valence-electron chi connectivity index (χ3n) is 4.53. The summed E-state index contributed by atoms with van der Waals surface area (Å²) in [7, 11) is 1.76. The van der Waals surface area contributed by atoms with Crippen LogP contribution in [0.2, 0.25) is 0 Å². The average Bonchev–Trinajstić information content (AvgIpc) is 3.29. The number of aromatic nitrogens is 5. The number of hydrogen-bond acceptors (Lipinski definition) is 5. The van der Waals surface area contributed by atoms with Gasteiger partial charge in [0.1, 0.15) is 11.6 Å². The van der Waals surface area contributed by atoms with Crippen LogP contribution >= 0.6 is 11.8 Å².